The van der Waals surface area contributed by atoms with E-state index in [1.165, 1.54) is 17.2 Å². The number of hydrogen-bond acceptors (Lipinski definition) is 16. The topological polar surface area (TPSA) is 220 Å². The van der Waals surface area contributed by atoms with Crippen molar-refractivity contribution in [1.82, 2.24) is 19.8 Å². The van der Waals surface area contributed by atoms with Crippen molar-refractivity contribution < 1.29 is 41.8 Å². The van der Waals surface area contributed by atoms with E-state index in [0.29, 0.717) is 75.5 Å². The summed E-state index contributed by atoms with van der Waals surface area (Å²) in [4.78, 5) is 42.8. The average Bonchev–Trinajstić information content (AvgIpc) is 4.14. The van der Waals surface area contributed by atoms with Gasteiger partial charge in [-0.2, -0.15) is 4.98 Å². The highest BCUT2D eigenvalue weighted by atomic mass is 32.2. The van der Waals surface area contributed by atoms with E-state index in [2.05, 4.69) is 56.2 Å². The number of nitro groups is 1. The van der Waals surface area contributed by atoms with Crippen molar-refractivity contribution in [1.29, 1.82) is 0 Å². The van der Waals surface area contributed by atoms with Crippen LogP contribution in [-0.2, 0) is 24.0 Å². The Morgan fingerprint density at radius 2 is 1.81 bits per heavy atom. The molecule has 378 valence electrons. The second kappa shape index (κ2) is 17.6. The molecule has 0 unspecified atom stereocenters. The van der Waals surface area contributed by atoms with Crippen molar-refractivity contribution in [3.63, 3.8) is 0 Å². The van der Waals surface area contributed by atoms with Crippen LogP contribution in [0.15, 0.2) is 76.7 Å². The first kappa shape index (κ1) is 45.8. The number of aromatic nitrogens is 2. The third-order valence-corrected chi connectivity index (χ3v) is 18.8. The van der Waals surface area contributed by atoms with Gasteiger partial charge in [0.1, 0.15) is 28.9 Å². The molecule has 1 aliphatic carbocycles. The third kappa shape index (κ3) is 7.66. The molecule has 5 saturated heterocycles. The number of aromatic amines is 1. The number of nitrogens with zero attached hydrogens (tertiary/aromatic N) is 6. The van der Waals surface area contributed by atoms with Gasteiger partial charge in [-0.25, -0.2) is 8.42 Å². The van der Waals surface area contributed by atoms with Gasteiger partial charge in [0.25, 0.3) is 11.6 Å². The van der Waals surface area contributed by atoms with E-state index in [-0.39, 0.29) is 81.2 Å². The van der Waals surface area contributed by atoms with Crippen molar-refractivity contribution in [3.8, 4) is 11.6 Å². The lowest BCUT2D eigenvalue weighted by atomic mass is 9.59. The van der Waals surface area contributed by atoms with Gasteiger partial charge in [-0.3, -0.25) is 24.7 Å². The Hall–Kier alpha value is -6.03. The van der Waals surface area contributed by atoms with Crippen LogP contribution in [-0.4, -0.2) is 148 Å². The normalized spacial score (nSPS) is 27.1. The molecule has 20 heteroatoms. The zero-order valence-electron chi connectivity index (χ0n) is 40.2. The van der Waals surface area contributed by atoms with E-state index in [4.69, 9.17) is 34.4 Å². The van der Waals surface area contributed by atoms with Crippen molar-refractivity contribution >= 4 is 55.2 Å². The van der Waals surface area contributed by atoms with Gasteiger partial charge in [0.15, 0.2) is 11.4 Å². The summed E-state index contributed by atoms with van der Waals surface area (Å²) in [7, 11) is -4.78. The largest absolute Gasteiger partial charge is 0.489 e. The van der Waals surface area contributed by atoms with Gasteiger partial charge >= 0.3 is 0 Å². The number of aryl methyl sites for hydroxylation is 1. The third-order valence-electron chi connectivity index (χ3n) is 17.0. The number of piperidine rings is 1. The summed E-state index contributed by atoms with van der Waals surface area (Å²) in [6, 6.07) is 18.2. The van der Waals surface area contributed by atoms with Gasteiger partial charge in [-0.1, -0.05) is 24.3 Å². The number of nitrogens with one attached hydrogen (secondary N) is 2. The molecular formula is C52H59N9O10S. The smallest absolute Gasteiger partial charge is 0.297 e. The maximum atomic E-state index is 16.2. The lowest BCUT2D eigenvalue weighted by Crippen LogP contribution is -2.58. The number of carbonyl (C=O) groups is 1. The monoisotopic (exact) mass is 1000 g/mol. The molecule has 6 atom stereocenters. The highest BCUT2D eigenvalue weighted by Gasteiger charge is 2.51. The molecular weight excluding hydrogens is 943 g/mol. The van der Waals surface area contributed by atoms with Crippen LogP contribution in [0.25, 0.3) is 11.0 Å². The van der Waals surface area contributed by atoms with Gasteiger partial charge in [0, 0.05) is 75.1 Å². The number of nitro benzene ring substituents is 1. The maximum Gasteiger partial charge on any atom is 0.297 e. The number of amides is 1. The molecule has 8 aliphatic rings. The predicted octanol–water partition coefficient (Wildman–Crippen LogP) is 5.87. The van der Waals surface area contributed by atoms with E-state index in [9.17, 15) is 14.9 Å². The van der Waals surface area contributed by atoms with E-state index < -0.39 is 38.5 Å². The summed E-state index contributed by atoms with van der Waals surface area (Å²) in [5, 5.41) is 17.2. The fourth-order valence-electron chi connectivity index (χ4n) is 13.3. The van der Waals surface area contributed by atoms with Crippen LogP contribution in [0, 0.1) is 22.5 Å². The quantitative estimate of drug-likeness (QED) is 0.110. The number of fused-ring (bicyclic) bond motifs is 6. The Kier molecular flexibility index (Phi) is 11.2. The number of anilines is 4. The average molecular weight is 1000 g/mol. The van der Waals surface area contributed by atoms with Gasteiger partial charge in [0.2, 0.25) is 15.7 Å². The first-order valence-electron chi connectivity index (χ1n) is 25.4. The van der Waals surface area contributed by atoms with Crippen LogP contribution in [0.5, 0.6) is 11.6 Å². The van der Waals surface area contributed by atoms with Crippen LogP contribution in [0.3, 0.4) is 0 Å². The highest BCUT2D eigenvalue weighted by Crippen LogP contribution is 2.56. The van der Waals surface area contributed by atoms with E-state index in [1.807, 2.05) is 17.0 Å². The summed E-state index contributed by atoms with van der Waals surface area (Å²) >= 11 is 0. The molecule has 5 aromatic rings. The number of nitrogens with two attached hydrogens (primary N) is 1. The van der Waals surface area contributed by atoms with Crippen LogP contribution < -0.4 is 30.3 Å². The Labute approximate surface area is 416 Å². The summed E-state index contributed by atoms with van der Waals surface area (Å²) < 4.78 is 62.9. The Bertz CT molecular complexity index is 3100. The van der Waals surface area contributed by atoms with Crippen molar-refractivity contribution in [2.75, 3.05) is 87.5 Å². The fourth-order valence-corrected chi connectivity index (χ4v) is 15.0. The Balaban J connectivity index is 0.896. The van der Waals surface area contributed by atoms with Gasteiger partial charge in [-0.15, -0.1) is 0 Å². The number of pyridine rings is 1. The second-order valence-corrected chi connectivity index (χ2v) is 23.0. The number of rotatable bonds is 10. The molecule has 7 aliphatic heterocycles. The molecule has 72 heavy (non-hydrogen) atoms. The zero-order valence-corrected chi connectivity index (χ0v) is 41.0. The molecule has 4 N–H and O–H groups in total. The summed E-state index contributed by atoms with van der Waals surface area (Å²) in [6.45, 7) is 8.20. The molecule has 3 aromatic carbocycles. The number of sulfone groups is 1. The molecule has 1 saturated carbocycles. The molecule has 2 aromatic heterocycles. The van der Waals surface area contributed by atoms with Gasteiger partial charge in [0.05, 0.1) is 77.4 Å². The highest BCUT2D eigenvalue weighted by molar-refractivity contribution is 7.91. The first-order chi connectivity index (χ1) is 34.9. The zero-order chi connectivity index (χ0) is 49.0. The molecule has 0 radical (unpaired) electrons. The lowest BCUT2D eigenvalue weighted by molar-refractivity contribution is -0.384. The van der Waals surface area contributed by atoms with Crippen molar-refractivity contribution in [3.05, 3.63) is 93.7 Å². The number of carbonyl (C=O) groups excluding carboxylic acids is 1. The van der Waals surface area contributed by atoms with Crippen molar-refractivity contribution in [2.45, 2.75) is 97.7 Å². The number of hydrogen-bond donors (Lipinski definition) is 3. The van der Waals surface area contributed by atoms with Crippen LogP contribution in [0.1, 0.15) is 66.1 Å². The fraction of sp³-hybridized carbons (Fsp3) is 0.500. The minimum atomic E-state index is -4.78. The lowest BCUT2D eigenvalue weighted by Gasteiger charge is -2.57. The summed E-state index contributed by atoms with van der Waals surface area (Å²) in [6.07, 6.45) is 6.43. The molecule has 19 nitrogen and oxygen atoms in total. The minimum Gasteiger partial charge on any atom is -0.489 e. The standard InChI is InChI=1S/C52H59N9O10S/c1-30-4-2-3-5-37(30)43-28-68-17-15-59(43)34-22-52(23-34)10-13-57(14-11-52)40-7-6-38(49(53)62)47(60-39-9-16-67-29-45(39)71-51-42(60)18-31-8-12-54-50(31)56-51)48(40)72(65,66)36-20-41(61(63)64)46-44(21-36)70-26-32(55-46)24-58-25-35-19-33(58)27-69-35/h2-8,12,18,20-21,32-35,39,43,45,55H,9-11,13-17,19,22-29H2,1H3,(H2,53,62)(H,54,56)/t32-,33-,35-,39-,43-,45-/m0/s1. The molecule has 1 spiro atoms. The summed E-state index contributed by atoms with van der Waals surface area (Å²) in [5.41, 5.74) is 10.1. The van der Waals surface area contributed by atoms with Gasteiger partial charge < -0.3 is 49.5 Å². The second-order valence-electron chi connectivity index (χ2n) is 21.1. The maximum absolute atomic E-state index is 16.2. The minimum absolute atomic E-state index is 0.0251. The SMILES string of the molecule is Cc1ccccc1[C@@H]1COCCN1C1CC2(CCN(c3ccc(C(N)=O)c(N4c5cc6cc[nH]c6nc5O[C@H]5COCC[C@@H]54)c3S(=O)(=O)c3cc4c(c([N+](=O)[O-])c3)N[C@@H](CN3C[C@@H]5C[C@H]3CO5)CO4)CC2)C1. The van der Waals surface area contributed by atoms with E-state index >= 15 is 8.42 Å². The summed E-state index contributed by atoms with van der Waals surface area (Å²) in [5.74, 6) is -0.541. The number of ether oxygens (including phenoxy) is 5. The molecule has 6 fully saturated rings. The number of primary amides is 1. The molecule has 13 rings (SSSR count). The van der Waals surface area contributed by atoms with E-state index in [1.54, 1.807) is 18.3 Å². The first-order valence-corrected chi connectivity index (χ1v) is 26.8. The Morgan fingerprint density at radius 3 is 2.58 bits per heavy atom. The molecule has 2 bridgehead atoms. The molecule has 9 heterocycles. The number of morpholine rings is 2. The van der Waals surface area contributed by atoms with Crippen molar-refractivity contribution in [2.24, 2.45) is 11.1 Å². The molecule has 1 amide bonds. The van der Waals surface area contributed by atoms with Crippen LogP contribution >= 0.6 is 0 Å². The Morgan fingerprint density at radius 1 is 0.972 bits per heavy atom. The van der Waals surface area contributed by atoms with E-state index in [0.717, 1.165) is 56.6 Å². The number of H-pyrrole nitrogens is 1. The van der Waals surface area contributed by atoms with Crippen LogP contribution in [0.4, 0.5) is 28.4 Å². The number of likely N-dealkylation sites (tertiary alicyclic amines) is 1. The number of benzene rings is 3. The predicted molar refractivity (Wildman–Crippen MR) is 266 cm³/mol. The van der Waals surface area contributed by atoms with Crippen LogP contribution in [0.2, 0.25) is 0 Å². The van der Waals surface area contributed by atoms with Gasteiger partial charge in [-0.05, 0) is 86.3 Å².